The maximum absolute atomic E-state index is 13.7. The quantitative estimate of drug-likeness (QED) is 0.733. The fourth-order valence-electron chi connectivity index (χ4n) is 4.30. The van der Waals surface area contributed by atoms with Gasteiger partial charge in [0.25, 0.3) is 0 Å². The lowest BCUT2D eigenvalue weighted by Crippen LogP contribution is -2.55. The molecule has 0 radical (unpaired) electrons. The first-order valence-corrected chi connectivity index (χ1v) is 10.9. The first-order chi connectivity index (χ1) is 14.6. The second-order valence-electron chi connectivity index (χ2n) is 9.27. The number of carbonyl (C=O) groups excluding carboxylic acids is 2. The molecular weight excluding hydrogens is 406 g/mol. The van der Waals surface area contributed by atoms with Gasteiger partial charge in [-0.05, 0) is 38.7 Å². The minimum absolute atomic E-state index is 0.165. The Hall–Kier alpha value is -2.22. The van der Waals surface area contributed by atoms with Crippen LogP contribution in [0.2, 0.25) is 0 Å². The molecule has 172 valence electrons. The van der Waals surface area contributed by atoms with Crippen molar-refractivity contribution in [1.82, 2.24) is 9.80 Å². The van der Waals surface area contributed by atoms with Crippen LogP contribution in [0.4, 0.5) is 13.6 Å². The Morgan fingerprint density at radius 2 is 1.81 bits per heavy atom. The van der Waals surface area contributed by atoms with Gasteiger partial charge in [0, 0.05) is 32.0 Å². The molecule has 0 unspecified atom stereocenters. The second kappa shape index (κ2) is 9.51. The van der Waals surface area contributed by atoms with Crippen LogP contribution in [0.1, 0.15) is 51.5 Å². The van der Waals surface area contributed by atoms with Crippen molar-refractivity contribution >= 4 is 12.0 Å². The Bertz CT molecular complexity index is 762. The number of hydrogen-bond donors (Lipinski definition) is 1. The second-order valence-corrected chi connectivity index (χ2v) is 9.27. The third-order valence-corrected chi connectivity index (χ3v) is 6.31. The molecule has 1 heterocycles. The molecule has 1 aromatic carbocycles. The molecule has 31 heavy (non-hydrogen) atoms. The number of rotatable bonds is 6. The van der Waals surface area contributed by atoms with Crippen LogP contribution in [0.25, 0.3) is 0 Å². The molecule has 1 atom stereocenters. The van der Waals surface area contributed by atoms with Gasteiger partial charge in [0.1, 0.15) is 6.61 Å². The van der Waals surface area contributed by atoms with Gasteiger partial charge < -0.3 is 19.6 Å². The predicted molar refractivity (Wildman–Crippen MR) is 112 cm³/mol. The molecular formula is C23H32F2N2O4. The molecule has 1 aliphatic carbocycles. The van der Waals surface area contributed by atoms with Gasteiger partial charge in [0.15, 0.2) is 0 Å². The van der Waals surface area contributed by atoms with Crippen LogP contribution in [-0.4, -0.2) is 64.6 Å². The minimum atomic E-state index is -2.69. The first kappa shape index (κ1) is 23.4. The lowest BCUT2D eigenvalue weighted by atomic mass is 9.86. The van der Waals surface area contributed by atoms with Gasteiger partial charge in [-0.1, -0.05) is 30.3 Å². The van der Waals surface area contributed by atoms with E-state index in [9.17, 15) is 23.5 Å². The molecule has 2 fully saturated rings. The normalized spacial score (nSPS) is 21.7. The summed E-state index contributed by atoms with van der Waals surface area (Å²) in [5.41, 5.74) is -0.127. The number of alkyl halides is 2. The van der Waals surface area contributed by atoms with Crippen LogP contribution in [0.15, 0.2) is 30.3 Å². The van der Waals surface area contributed by atoms with Gasteiger partial charge in [-0.25, -0.2) is 13.6 Å². The highest BCUT2D eigenvalue weighted by molar-refractivity contribution is 5.83. The van der Waals surface area contributed by atoms with Crippen molar-refractivity contribution < 1.29 is 28.2 Å². The van der Waals surface area contributed by atoms with Crippen molar-refractivity contribution in [3.8, 4) is 0 Å². The van der Waals surface area contributed by atoms with E-state index in [-0.39, 0.29) is 56.9 Å². The van der Waals surface area contributed by atoms with Crippen molar-refractivity contribution in [3.63, 3.8) is 0 Å². The number of aliphatic hydroxyl groups excluding tert-OH is 1. The molecule has 3 rings (SSSR count). The summed E-state index contributed by atoms with van der Waals surface area (Å²) in [6.07, 6.45) is 0.0355. The van der Waals surface area contributed by atoms with Gasteiger partial charge >= 0.3 is 6.09 Å². The largest absolute Gasteiger partial charge is 0.445 e. The van der Waals surface area contributed by atoms with Gasteiger partial charge in [-0.3, -0.25) is 4.79 Å². The summed E-state index contributed by atoms with van der Waals surface area (Å²) in [6, 6.07) is 8.77. The van der Waals surface area contributed by atoms with E-state index in [2.05, 4.69) is 0 Å². The summed E-state index contributed by atoms with van der Waals surface area (Å²) in [4.78, 5) is 29.1. The zero-order valence-corrected chi connectivity index (χ0v) is 18.2. The third-order valence-electron chi connectivity index (χ3n) is 6.31. The lowest BCUT2D eigenvalue weighted by Gasteiger charge is -2.43. The molecule has 1 saturated heterocycles. The van der Waals surface area contributed by atoms with Crippen LogP contribution in [0.3, 0.4) is 0 Å². The maximum atomic E-state index is 13.7. The van der Waals surface area contributed by atoms with Gasteiger partial charge in [0.05, 0.1) is 18.1 Å². The molecule has 1 N–H and O–H groups in total. The average Bonchev–Trinajstić information content (AvgIpc) is 3.24. The molecule has 8 heteroatoms. The van der Waals surface area contributed by atoms with Crippen molar-refractivity contribution in [2.75, 3.05) is 19.7 Å². The van der Waals surface area contributed by atoms with Crippen molar-refractivity contribution in [1.29, 1.82) is 0 Å². The monoisotopic (exact) mass is 438 g/mol. The molecule has 0 spiro atoms. The number of likely N-dealkylation sites (tertiary alicyclic amines) is 1. The van der Waals surface area contributed by atoms with Gasteiger partial charge in [0.2, 0.25) is 11.8 Å². The van der Waals surface area contributed by atoms with Crippen molar-refractivity contribution in [2.45, 2.75) is 70.6 Å². The predicted octanol–water partition coefficient (Wildman–Crippen LogP) is 3.82. The van der Waals surface area contributed by atoms with E-state index in [0.29, 0.717) is 19.5 Å². The molecule has 0 bridgehead atoms. The number of halogens is 2. The van der Waals surface area contributed by atoms with E-state index in [1.807, 2.05) is 30.3 Å². The van der Waals surface area contributed by atoms with Crippen molar-refractivity contribution in [3.05, 3.63) is 35.9 Å². The Labute approximate surface area is 182 Å². The molecule has 0 aromatic heterocycles. The number of carbonyl (C=O) groups is 2. The van der Waals surface area contributed by atoms with Gasteiger partial charge in [-0.2, -0.15) is 0 Å². The van der Waals surface area contributed by atoms with E-state index in [0.717, 1.165) is 5.56 Å². The summed E-state index contributed by atoms with van der Waals surface area (Å²) in [5.74, 6) is -2.95. The smallest absolute Gasteiger partial charge is 0.410 e. The fraction of sp³-hybridized carbons (Fsp3) is 0.652. The number of aliphatic hydroxyl groups is 1. The fourth-order valence-corrected chi connectivity index (χ4v) is 4.30. The highest BCUT2D eigenvalue weighted by Gasteiger charge is 2.45. The Balaban J connectivity index is 1.67. The molecule has 2 amide bonds. The van der Waals surface area contributed by atoms with Crippen LogP contribution in [0, 0.1) is 5.41 Å². The Kier molecular flexibility index (Phi) is 7.19. The van der Waals surface area contributed by atoms with E-state index in [1.54, 1.807) is 23.6 Å². The van der Waals surface area contributed by atoms with Crippen LogP contribution < -0.4 is 0 Å². The minimum Gasteiger partial charge on any atom is -0.445 e. The standard InChI is InChI=1S/C23H32F2N2O4/c1-22(2,16-28)20(29)27(18-8-11-23(24,25)12-9-18)19-10-13-26(14-19)21(30)31-15-17-6-4-3-5-7-17/h3-7,18-19,28H,8-16H2,1-2H3/t19-/m0/s1. The summed E-state index contributed by atoms with van der Waals surface area (Å²) < 4.78 is 32.8. The number of nitrogens with zero attached hydrogens (tertiary/aromatic N) is 2. The highest BCUT2D eigenvalue weighted by Crippen LogP contribution is 2.38. The molecule has 1 saturated carbocycles. The Morgan fingerprint density at radius 1 is 1.16 bits per heavy atom. The third kappa shape index (κ3) is 5.73. The molecule has 2 aliphatic rings. The maximum Gasteiger partial charge on any atom is 0.410 e. The number of benzene rings is 1. The highest BCUT2D eigenvalue weighted by atomic mass is 19.3. The van der Waals surface area contributed by atoms with E-state index < -0.39 is 17.4 Å². The number of hydrogen-bond acceptors (Lipinski definition) is 4. The summed E-state index contributed by atoms with van der Waals surface area (Å²) in [5, 5.41) is 9.70. The zero-order chi connectivity index (χ0) is 22.6. The molecule has 1 aliphatic heterocycles. The van der Waals surface area contributed by atoms with E-state index >= 15 is 0 Å². The van der Waals surface area contributed by atoms with Gasteiger partial charge in [-0.15, -0.1) is 0 Å². The zero-order valence-electron chi connectivity index (χ0n) is 18.2. The molecule has 6 nitrogen and oxygen atoms in total. The first-order valence-electron chi connectivity index (χ1n) is 10.9. The van der Waals surface area contributed by atoms with E-state index in [1.165, 1.54) is 0 Å². The molecule has 1 aromatic rings. The van der Waals surface area contributed by atoms with Crippen LogP contribution in [0.5, 0.6) is 0 Å². The summed E-state index contributed by atoms with van der Waals surface area (Å²) in [7, 11) is 0. The van der Waals surface area contributed by atoms with E-state index in [4.69, 9.17) is 4.74 Å². The van der Waals surface area contributed by atoms with Crippen LogP contribution >= 0.6 is 0 Å². The Morgan fingerprint density at radius 3 is 2.42 bits per heavy atom. The lowest BCUT2D eigenvalue weighted by molar-refractivity contribution is -0.151. The van der Waals surface area contributed by atoms with Crippen LogP contribution in [-0.2, 0) is 16.1 Å². The summed E-state index contributed by atoms with van der Waals surface area (Å²) in [6.45, 7) is 3.87. The van der Waals surface area contributed by atoms with Crippen molar-refractivity contribution in [2.24, 2.45) is 5.41 Å². The summed E-state index contributed by atoms with van der Waals surface area (Å²) >= 11 is 0. The number of amides is 2. The topological polar surface area (TPSA) is 70.1 Å². The SMILES string of the molecule is CC(C)(CO)C(=O)N(C1CCC(F)(F)CC1)[C@H]1CCN(C(=O)OCc2ccccc2)C1. The number of ether oxygens (including phenoxy) is 1. The average molecular weight is 439 g/mol.